The highest BCUT2D eigenvalue weighted by molar-refractivity contribution is 7.89. The zero-order chi connectivity index (χ0) is 25.2. The van der Waals surface area contributed by atoms with E-state index in [0.717, 1.165) is 25.7 Å². The van der Waals surface area contributed by atoms with Crippen molar-refractivity contribution in [1.29, 1.82) is 0 Å². The molecule has 0 aromatic heterocycles. The SMILES string of the molecule is CCCCN(CCCC)S(=O)(=O)c1ccc(NC(=O)CCNS(=O)(=O)c2ccc(Cl)cc2)cc1. The molecular weight excluding hydrogens is 498 g/mol. The van der Waals surface area contributed by atoms with Crippen LogP contribution in [0.25, 0.3) is 0 Å². The first kappa shape index (κ1) is 28.3. The van der Waals surface area contributed by atoms with E-state index in [0.29, 0.717) is 23.8 Å². The van der Waals surface area contributed by atoms with Crippen LogP contribution >= 0.6 is 11.6 Å². The standard InChI is InChI=1S/C23H32ClN3O5S2/c1-3-5-17-27(18-6-4-2)34(31,32)22-13-9-20(10-14-22)26-23(28)15-16-25-33(29,30)21-11-7-19(24)8-12-21/h7-14,25H,3-6,15-18H2,1-2H3,(H,26,28). The number of carbonyl (C=O) groups is 1. The molecule has 0 aliphatic heterocycles. The van der Waals surface area contributed by atoms with E-state index >= 15 is 0 Å². The molecule has 188 valence electrons. The van der Waals surface area contributed by atoms with Crippen LogP contribution in [0.1, 0.15) is 46.0 Å². The van der Waals surface area contributed by atoms with Crippen LogP contribution in [-0.4, -0.2) is 46.7 Å². The summed E-state index contributed by atoms with van der Waals surface area (Å²) in [5.74, 6) is -0.401. The van der Waals surface area contributed by atoms with E-state index in [1.165, 1.54) is 52.8 Å². The molecule has 0 saturated heterocycles. The Morgan fingerprint density at radius 2 is 1.38 bits per heavy atom. The van der Waals surface area contributed by atoms with Gasteiger partial charge in [0.05, 0.1) is 9.79 Å². The highest BCUT2D eigenvalue weighted by atomic mass is 35.5. The van der Waals surface area contributed by atoms with Gasteiger partial charge in [0, 0.05) is 36.8 Å². The summed E-state index contributed by atoms with van der Waals surface area (Å²) in [4.78, 5) is 12.4. The molecule has 0 saturated carbocycles. The van der Waals surface area contributed by atoms with Crippen LogP contribution in [-0.2, 0) is 24.8 Å². The van der Waals surface area contributed by atoms with Crippen molar-refractivity contribution in [3.8, 4) is 0 Å². The number of rotatable bonds is 14. The summed E-state index contributed by atoms with van der Waals surface area (Å²) in [6.45, 7) is 4.90. The Kier molecular flexibility index (Phi) is 11.0. The van der Waals surface area contributed by atoms with E-state index in [1.807, 2.05) is 13.8 Å². The Bertz CT molecular complexity index is 1130. The van der Waals surface area contributed by atoms with Crippen molar-refractivity contribution in [2.24, 2.45) is 0 Å². The van der Waals surface area contributed by atoms with Crippen LogP contribution in [0.3, 0.4) is 0 Å². The van der Waals surface area contributed by atoms with Crippen molar-refractivity contribution in [3.05, 3.63) is 53.6 Å². The molecule has 2 aromatic rings. The Morgan fingerprint density at radius 3 is 1.91 bits per heavy atom. The van der Waals surface area contributed by atoms with E-state index in [-0.39, 0.29) is 22.8 Å². The predicted molar refractivity (Wildman–Crippen MR) is 135 cm³/mol. The maximum absolute atomic E-state index is 13.0. The summed E-state index contributed by atoms with van der Waals surface area (Å²) in [6, 6.07) is 11.7. The fraction of sp³-hybridized carbons (Fsp3) is 0.435. The number of unbranched alkanes of at least 4 members (excludes halogenated alkanes) is 2. The van der Waals surface area contributed by atoms with Gasteiger partial charge < -0.3 is 5.32 Å². The Morgan fingerprint density at radius 1 is 0.853 bits per heavy atom. The molecular formula is C23H32ClN3O5S2. The first-order valence-corrected chi connectivity index (χ1v) is 14.6. The third-order valence-electron chi connectivity index (χ3n) is 5.07. The van der Waals surface area contributed by atoms with Gasteiger partial charge in [0.1, 0.15) is 0 Å². The minimum atomic E-state index is -3.75. The van der Waals surface area contributed by atoms with Gasteiger partial charge >= 0.3 is 0 Å². The molecule has 0 fully saturated rings. The number of hydrogen-bond acceptors (Lipinski definition) is 5. The number of amides is 1. The summed E-state index contributed by atoms with van der Waals surface area (Å²) in [5, 5.41) is 3.08. The van der Waals surface area contributed by atoms with E-state index in [4.69, 9.17) is 11.6 Å². The Labute approximate surface area is 207 Å². The number of halogens is 1. The summed E-state index contributed by atoms with van der Waals surface area (Å²) < 4.78 is 54.4. The van der Waals surface area contributed by atoms with Crippen molar-refractivity contribution in [2.45, 2.75) is 55.7 Å². The molecule has 0 spiro atoms. The molecule has 0 heterocycles. The van der Waals surface area contributed by atoms with Crippen molar-refractivity contribution in [1.82, 2.24) is 9.03 Å². The second kappa shape index (κ2) is 13.2. The summed E-state index contributed by atoms with van der Waals surface area (Å²) in [6.07, 6.45) is 3.30. The fourth-order valence-corrected chi connectivity index (χ4v) is 5.77. The van der Waals surface area contributed by atoms with Gasteiger partial charge in [0.2, 0.25) is 26.0 Å². The average Bonchev–Trinajstić information content (AvgIpc) is 2.79. The van der Waals surface area contributed by atoms with Crippen LogP contribution in [0.4, 0.5) is 5.69 Å². The maximum atomic E-state index is 13.0. The molecule has 0 aliphatic rings. The van der Waals surface area contributed by atoms with Gasteiger partial charge in [-0.15, -0.1) is 0 Å². The first-order valence-electron chi connectivity index (χ1n) is 11.3. The molecule has 2 aromatic carbocycles. The lowest BCUT2D eigenvalue weighted by atomic mass is 10.3. The first-order chi connectivity index (χ1) is 16.1. The van der Waals surface area contributed by atoms with E-state index in [2.05, 4.69) is 10.0 Å². The van der Waals surface area contributed by atoms with Crippen molar-refractivity contribution in [2.75, 3.05) is 25.0 Å². The van der Waals surface area contributed by atoms with Gasteiger partial charge in [-0.3, -0.25) is 4.79 Å². The third kappa shape index (κ3) is 8.35. The molecule has 11 heteroatoms. The highest BCUT2D eigenvalue weighted by Gasteiger charge is 2.23. The van der Waals surface area contributed by atoms with Crippen LogP contribution in [0.2, 0.25) is 5.02 Å². The minimum absolute atomic E-state index is 0.0565. The zero-order valence-electron chi connectivity index (χ0n) is 19.5. The molecule has 1 amide bonds. The molecule has 2 N–H and O–H groups in total. The normalized spacial score (nSPS) is 12.1. The van der Waals surface area contributed by atoms with Gasteiger partial charge in [0.15, 0.2) is 0 Å². The van der Waals surface area contributed by atoms with Crippen LogP contribution in [0, 0.1) is 0 Å². The quantitative estimate of drug-likeness (QED) is 0.380. The number of benzene rings is 2. The fourth-order valence-electron chi connectivity index (χ4n) is 3.10. The lowest BCUT2D eigenvalue weighted by Gasteiger charge is -2.22. The van der Waals surface area contributed by atoms with Gasteiger partial charge in [-0.25, -0.2) is 21.6 Å². The predicted octanol–water partition coefficient (Wildman–Crippen LogP) is 4.24. The Balaban J connectivity index is 1.94. The van der Waals surface area contributed by atoms with Crippen molar-refractivity contribution in [3.63, 3.8) is 0 Å². The number of nitrogens with zero attached hydrogens (tertiary/aromatic N) is 1. The lowest BCUT2D eigenvalue weighted by molar-refractivity contribution is -0.116. The number of carbonyl (C=O) groups excluding carboxylic acids is 1. The highest BCUT2D eigenvalue weighted by Crippen LogP contribution is 2.20. The summed E-state index contributed by atoms with van der Waals surface area (Å²) in [7, 11) is -7.36. The Hall–Kier alpha value is -1.98. The van der Waals surface area contributed by atoms with Crippen LogP contribution in [0.15, 0.2) is 58.3 Å². The van der Waals surface area contributed by atoms with Gasteiger partial charge in [-0.05, 0) is 61.4 Å². The molecule has 0 unspecified atom stereocenters. The van der Waals surface area contributed by atoms with E-state index in [9.17, 15) is 21.6 Å². The molecule has 2 rings (SSSR count). The monoisotopic (exact) mass is 529 g/mol. The van der Waals surface area contributed by atoms with E-state index in [1.54, 1.807) is 0 Å². The molecule has 34 heavy (non-hydrogen) atoms. The number of anilines is 1. The number of hydrogen-bond donors (Lipinski definition) is 2. The minimum Gasteiger partial charge on any atom is -0.326 e. The van der Waals surface area contributed by atoms with Crippen LogP contribution < -0.4 is 10.0 Å². The molecule has 0 bridgehead atoms. The third-order valence-corrected chi connectivity index (χ3v) is 8.71. The van der Waals surface area contributed by atoms with Crippen molar-refractivity contribution >= 4 is 43.2 Å². The van der Waals surface area contributed by atoms with Gasteiger partial charge in [-0.2, -0.15) is 4.31 Å². The summed E-state index contributed by atoms with van der Waals surface area (Å²) in [5.41, 5.74) is 0.429. The lowest BCUT2D eigenvalue weighted by Crippen LogP contribution is -2.33. The second-order valence-electron chi connectivity index (χ2n) is 7.79. The molecule has 0 atom stereocenters. The smallest absolute Gasteiger partial charge is 0.243 e. The maximum Gasteiger partial charge on any atom is 0.243 e. The topological polar surface area (TPSA) is 113 Å². The van der Waals surface area contributed by atoms with Gasteiger partial charge in [0.25, 0.3) is 0 Å². The summed E-state index contributed by atoms with van der Waals surface area (Å²) >= 11 is 5.77. The number of nitrogens with one attached hydrogen (secondary N) is 2. The molecule has 8 nitrogen and oxygen atoms in total. The molecule has 0 radical (unpaired) electrons. The second-order valence-corrected chi connectivity index (χ2v) is 11.9. The number of sulfonamides is 2. The zero-order valence-corrected chi connectivity index (χ0v) is 21.8. The van der Waals surface area contributed by atoms with Gasteiger partial charge in [-0.1, -0.05) is 38.3 Å². The largest absolute Gasteiger partial charge is 0.326 e. The van der Waals surface area contributed by atoms with Crippen LogP contribution in [0.5, 0.6) is 0 Å². The van der Waals surface area contributed by atoms with E-state index < -0.39 is 26.0 Å². The van der Waals surface area contributed by atoms with Crippen molar-refractivity contribution < 1.29 is 21.6 Å². The molecule has 0 aliphatic carbocycles. The average molecular weight is 530 g/mol.